The molecule has 0 aliphatic carbocycles. The van der Waals surface area contributed by atoms with Crippen LogP contribution in [0.4, 0.5) is 0 Å². The molecule has 0 spiro atoms. The van der Waals surface area contributed by atoms with E-state index in [-0.39, 0.29) is 11.7 Å². The maximum atomic E-state index is 12.4. The van der Waals surface area contributed by atoms with Gasteiger partial charge < -0.3 is 0 Å². The van der Waals surface area contributed by atoms with E-state index in [2.05, 4.69) is 55.7 Å². The Morgan fingerprint density at radius 2 is 1.76 bits per heavy atom. The number of hydrogen-bond acceptors (Lipinski definition) is 5. The molecule has 0 unspecified atom stereocenters. The lowest BCUT2D eigenvalue weighted by Gasteiger charge is -2.10. The van der Waals surface area contributed by atoms with Crippen molar-refractivity contribution >= 4 is 39.8 Å². The molecule has 33 heavy (non-hydrogen) atoms. The van der Waals surface area contributed by atoms with Crippen LogP contribution in [-0.4, -0.2) is 32.6 Å². The van der Waals surface area contributed by atoms with Gasteiger partial charge in [-0.05, 0) is 41.8 Å². The van der Waals surface area contributed by atoms with Crippen LogP contribution in [0.15, 0.2) is 93.6 Å². The van der Waals surface area contributed by atoms with Gasteiger partial charge in [-0.3, -0.25) is 9.36 Å². The topological polar surface area (TPSA) is 72.2 Å². The van der Waals surface area contributed by atoms with Crippen molar-refractivity contribution in [3.05, 3.63) is 94.5 Å². The minimum absolute atomic E-state index is 0.162. The van der Waals surface area contributed by atoms with Gasteiger partial charge >= 0.3 is 0 Å². The van der Waals surface area contributed by atoms with Crippen LogP contribution in [0, 0.1) is 0 Å². The fourth-order valence-corrected chi connectivity index (χ4v) is 4.15. The minimum Gasteiger partial charge on any atom is -0.272 e. The number of hydrogen-bond donors (Lipinski definition) is 1. The summed E-state index contributed by atoms with van der Waals surface area (Å²) in [6.07, 6.45) is 2.63. The molecule has 1 N–H and O–H groups in total. The molecule has 0 aliphatic rings. The standard InChI is InChI=1S/C25H22BrN5OS/c1-2-18-8-10-19(11-9-18)16-27-28-23(32)17-33-25-30-29-24(20-6-4-3-5-7-20)31(25)22-14-12-21(26)13-15-22/h3-16H,2,17H2,1H3,(H,28,32)/b27-16-. The van der Waals surface area contributed by atoms with Crippen LogP contribution in [0.25, 0.3) is 17.1 Å². The van der Waals surface area contributed by atoms with Gasteiger partial charge in [-0.2, -0.15) is 5.10 Å². The van der Waals surface area contributed by atoms with Gasteiger partial charge in [-0.15, -0.1) is 10.2 Å². The van der Waals surface area contributed by atoms with Crippen LogP contribution in [0.2, 0.25) is 0 Å². The lowest BCUT2D eigenvalue weighted by molar-refractivity contribution is -0.118. The van der Waals surface area contributed by atoms with Gasteiger partial charge in [0.2, 0.25) is 0 Å². The SMILES string of the molecule is CCc1ccc(/C=N\NC(=O)CSc2nnc(-c3ccccc3)n2-c2ccc(Br)cc2)cc1. The molecule has 0 bridgehead atoms. The lowest BCUT2D eigenvalue weighted by Crippen LogP contribution is -2.20. The first-order chi connectivity index (χ1) is 16.1. The highest BCUT2D eigenvalue weighted by atomic mass is 79.9. The largest absolute Gasteiger partial charge is 0.272 e. The van der Waals surface area contributed by atoms with Crippen LogP contribution in [0.1, 0.15) is 18.1 Å². The molecule has 0 fully saturated rings. The predicted molar refractivity (Wildman–Crippen MR) is 137 cm³/mol. The molecule has 0 atom stereocenters. The first-order valence-electron chi connectivity index (χ1n) is 10.4. The Balaban J connectivity index is 1.47. The molecule has 3 aromatic carbocycles. The lowest BCUT2D eigenvalue weighted by atomic mass is 10.1. The number of carbonyl (C=O) groups is 1. The maximum absolute atomic E-state index is 12.4. The summed E-state index contributed by atoms with van der Waals surface area (Å²) in [6, 6.07) is 25.8. The first kappa shape index (κ1) is 22.9. The second-order valence-corrected chi connectivity index (χ2v) is 9.02. The highest BCUT2D eigenvalue weighted by Gasteiger charge is 2.17. The van der Waals surface area contributed by atoms with E-state index < -0.39 is 0 Å². The molecule has 0 saturated heterocycles. The molecule has 1 amide bonds. The predicted octanol–water partition coefficient (Wildman–Crippen LogP) is 5.50. The molecule has 6 nitrogen and oxygen atoms in total. The van der Waals surface area contributed by atoms with Crippen LogP contribution in [-0.2, 0) is 11.2 Å². The number of amides is 1. The minimum atomic E-state index is -0.215. The first-order valence-corrected chi connectivity index (χ1v) is 12.2. The van der Waals surface area contributed by atoms with E-state index in [9.17, 15) is 4.79 Å². The molecule has 4 rings (SSSR count). The molecule has 8 heteroatoms. The van der Waals surface area contributed by atoms with Crippen molar-refractivity contribution in [2.24, 2.45) is 5.10 Å². The second kappa shape index (κ2) is 11.1. The Morgan fingerprint density at radius 1 is 1.03 bits per heavy atom. The Kier molecular flexibility index (Phi) is 7.70. The molecule has 0 aliphatic heterocycles. The number of rotatable bonds is 8. The molecular formula is C25H22BrN5OS. The van der Waals surface area contributed by atoms with Gasteiger partial charge in [0.25, 0.3) is 5.91 Å². The van der Waals surface area contributed by atoms with Crippen molar-refractivity contribution in [2.75, 3.05) is 5.75 Å². The highest BCUT2D eigenvalue weighted by molar-refractivity contribution is 9.10. The van der Waals surface area contributed by atoms with Crippen LogP contribution < -0.4 is 5.43 Å². The second-order valence-electron chi connectivity index (χ2n) is 7.16. The zero-order valence-corrected chi connectivity index (χ0v) is 20.4. The third-order valence-electron chi connectivity index (χ3n) is 4.87. The molecule has 166 valence electrons. The van der Waals surface area contributed by atoms with Gasteiger partial charge in [0.15, 0.2) is 11.0 Å². The van der Waals surface area contributed by atoms with Crippen molar-refractivity contribution in [3.8, 4) is 17.1 Å². The average Bonchev–Trinajstić information content (AvgIpc) is 3.28. The summed E-state index contributed by atoms with van der Waals surface area (Å²) < 4.78 is 2.94. The molecule has 0 saturated carbocycles. The summed E-state index contributed by atoms with van der Waals surface area (Å²) in [7, 11) is 0. The number of hydrazone groups is 1. The maximum Gasteiger partial charge on any atom is 0.250 e. The summed E-state index contributed by atoms with van der Waals surface area (Å²) in [4.78, 5) is 12.4. The third kappa shape index (κ3) is 5.97. The summed E-state index contributed by atoms with van der Waals surface area (Å²) in [6.45, 7) is 2.11. The van der Waals surface area contributed by atoms with E-state index in [4.69, 9.17) is 0 Å². The Morgan fingerprint density at radius 3 is 2.45 bits per heavy atom. The molecule has 4 aromatic rings. The van der Waals surface area contributed by atoms with Gasteiger partial charge in [0, 0.05) is 15.7 Å². The smallest absolute Gasteiger partial charge is 0.250 e. The van der Waals surface area contributed by atoms with Crippen molar-refractivity contribution in [3.63, 3.8) is 0 Å². The Labute approximate surface area is 205 Å². The van der Waals surface area contributed by atoms with E-state index >= 15 is 0 Å². The van der Waals surface area contributed by atoms with Crippen molar-refractivity contribution in [1.29, 1.82) is 0 Å². The summed E-state index contributed by atoms with van der Waals surface area (Å²) >= 11 is 4.79. The van der Waals surface area contributed by atoms with Crippen molar-refractivity contribution < 1.29 is 4.79 Å². The molecular weight excluding hydrogens is 498 g/mol. The normalized spacial score (nSPS) is 11.1. The fourth-order valence-electron chi connectivity index (χ4n) is 3.14. The van der Waals surface area contributed by atoms with Crippen LogP contribution >= 0.6 is 27.7 Å². The number of aromatic nitrogens is 3. The highest BCUT2D eigenvalue weighted by Crippen LogP contribution is 2.28. The van der Waals surface area contributed by atoms with Gasteiger partial charge in [0.1, 0.15) is 0 Å². The number of nitrogens with one attached hydrogen (secondary N) is 1. The van der Waals surface area contributed by atoms with E-state index in [0.29, 0.717) is 5.16 Å². The quantitative estimate of drug-likeness (QED) is 0.189. The molecule has 0 radical (unpaired) electrons. The Hall–Kier alpha value is -3.23. The van der Waals surface area contributed by atoms with Gasteiger partial charge in [-0.25, -0.2) is 5.43 Å². The zero-order chi connectivity index (χ0) is 23.0. The van der Waals surface area contributed by atoms with Crippen LogP contribution in [0.3, 0.4) is 0 Å². The summed E-state index contributed by atoms with van der Waals surface area (Å²) in [5, 5.41) is 13.4. The zero-order valence-electron chi connectivity index (χ0n) is 18.0. The average molecular weight is 520 g/mol. The molecule has 1 heterocycles. The van der Waals surface area contributed by atoms with Crippen molar-refractivity contribution in [2.45, 2.75) is 18.5 Å². The monoisotopic (exact) mass is 519 g/mol. The third-order valence-corrected chi connectivity index (χ3v) is 6.33. The van der Waals surface area contributed by atoms with E-state index in [1.165, 1.54) is 17.3 Å². The van der Waals surface area contributed by atoms with Gasteiger partial charge in [-0.1, -0.05) is 89.2 Å². The fraction of sp³-hybridized carbons (Fsp3) is 0.120. The van der Waals surface area contributed by atoms with Gasteiger partial charge in [0.05, 0.1) is 12.0 Å². The number of nitrogens with zero attached hydrogens (tertiary/aromatic N) is 4. The van der Waals surface area contributed by atoms with Crippen LogP contribution in [0.5, 0.6) is 0 Å². The number of carbonyl (C=O) groups excluding carboxylic acids is 1. The number of halogens is 1. The number of thioether (sulfide) groups is 1. The van der Waals surface area contributed by atoms with Crippen molar-refractivity contribution in [1.82, 2.24) is 20.2 Å². The molecule has 1 aromatic heterocycles. The number of aryl methyl sites for hydroxylation is 1. The Bertz CT molecular complexity index is 1240. The van der Waals surface area contributed by atoms with E-state index in [0.717, 1.165) is 33.5 Å². The number of benzene rings is 3. The van der Waals surface area contributed by atoms with E-state index in [1.54, 1.807) is 6.21 Å². The van der Waals surface area contributed by atoms with E-state index in [1.807, 2.05) is 71.3 Å². The summed E-state index contributed by atoms with van der Waals surface area (Å²) in [5.41, 5.74) is 6.64. The summed E-state index contributed by atoms with van der Waals surface area (Å²) in [5.74, 6) is 0.665.